The van der Waals surface area contributed by atoms with Gasteiger partial charge >= 0.3 is 0 Å². The summed E-state index contributed by atoms with van der Waals surface area (Å²) in [6, 6.07) is 1.01. The third-order valence-electron chi connectivity index (χ3n) is 3.28. The topological polar surface area (TPSA) is 113 Å². The average molecular weight is 354 g/mol. The maximum atomic E-state index is 12.0. The lowest BCUT2D eigenvalue weighted by Gasteiger charge is -2.21. The van der Waals surface area contributed by atoms with E-state index >= 15 is 0 Å². The van der Waals surface area contributed by atoms with Gasteiger partial charge in [0.05, 0.1) is 6.04 Å². The molecule has 0 saturated heterocycles. The van der Waals surface area contributed by atoms with Gasteiger partial charge in [0.15, 0.2) is 0 Å². The number of hydrogen-bond donors (Lipinski definition) is 4. The smallest absolute Gasteiger partial charge is 0.252 e. The number of hydrogen-bond acceptors (Lipinski definition) is 5. The molecule has 5 N–H and O–H groups in total. The number of nitrogens with zero attached hydrogens (tertiary/aromatic N) is 1. The van der Waals surface area contributed by atoms with Crippen molar-refractivity contribution in [2.45, 2.75) is 32.7 Å². The van der Waals surface area contributed by atoms with Gasteiger partial charge in [-0.3, -0.25) is 9.59 Å². The van der Waals surface area contributed by atoms with E-state index in [-0.39, 0.29) is 54.1 Å². The fraction of sp³-hybridized carbons (Fsp3) is 0.615. The van der Waals surface area contributed by atoms with Gasteiger partial charge in [-0.1, -0.05) is 20.3 Å². The van der Waals surface area contributed by atoms with E-state index in [0.29, 0.717) is 18.8 Å². The van der Waals surface area contributed by atoms with Crippen molar-refractivity contribution >= 4 is 36.5 Å². The number of H-pyrrole nitrogens is 1. The Balaban J connectivity index is 0. The highest BCUT2D eigenvalue weighted by molar-refractivity contribution is 5.85. The van der Waals surface area contributed by atoms with Crippen molar-refractivity contribution in [3.8, 4) is 0 Å². The molecule has 1 aromatic rings. The highest BCUT2D eigenvalue weighted by Crippen LogP contribution is 2.07. The molecule has 0 radical (unpaired) electrons. The van der Waals surface area contributed by atoms with E-state index in [1.165, 1.54) is 6.07 Å². The molecule has 9 heteroatoms. The second-order valence-electron chi connectivity index (χ2n) is 4.81. The van der Waals surface area contributed by atoms with Gasteiger partial charge in [0.1, 0.15) is 11.6 Å². The lowest BCUT2D eigenvalue weighted by atomic mass is 9.98. The molecule has 0 saturated carbocycles. The summed E-state index contributed by atoms with van der Waals surface area (Å²) in [4.78, 5) is 29.8. The Kier molecular flexibility index (Phi) is 11.8. The van der Waals surface area contributed by atoms with Crippen LogP contribution in [0.3, 0.4) is 0 Å². The summed E-state index contributed by atoms with van der Waals surface area (Å²) >= 11 is 0. The molecule has 0 bridgehead atoms. The number of rotatable bonds is 7. The first-order valence-corrected chi connectivity index (χ1v) is 6.78. The molecule has 22 heavy (non-hydrogen) atoms. The summed E-state index contributed by atoms with van der Waals surface area (Å²) < 4.78 is 0. The van der Waals surface area contributed by atoms with Gasteiger partial charge in [0, 0.05) is 19.0 Å². The molecule has 1 amide bonds. The predicted molar refractivity (Wildman–Crippen MR) is 92.8 cm³/mol. The van der Waals surface area contributed by atoms with Crippen molar-refractivity contribution in [1.29, 1.82) is 0 Å². The van der Waals surface area contributed by atoms with E-state index in [0.717, 1.165) is 6.42 Å². The molecule has 1 aromatic heterocycles. The lowest BCUT2D eigenvalue weighted by Crippen LogP contribution is -2.47. The first kappa shape index (κ1) is 23.0. The molecule has 0 fully saturated rings. The minimum absolute atomic E-state index is 0. The normalized spacial score (nSPS) is 12.5. The van der Waals surface area contributed by atoms with Crippen LogP contribution < -0.4 is 21.9 Å². The maximum absolute atomic E-state index is 12.0. The van der Waals surface area contributed by atoms with E-state index in [2.05, 4.69) is 20.6 Å². The Bertz CT molecular complexity index is 509. The van der Waals surface area contributed by atoms with Gasteiger partial charge in [0.25, 0.3) is 5.56 Å². The zero-order chi connectivity index (χ0) is 15.1. The molecule has 0 aliphatic rings. The van der Waals surface area contributed by atoms with Crippen molar-refractivity contribution < 1.29 is 4.79 Å². The molecular formula is C13H25Cl2N5O2. The second kappa shape index (κ2) is 11.3. The van der Waals surface area contributed by atoms with Gasteiger partial charge in [-0.25, -0.2) is 4.98 Å². The summed E-state index contributed by atoms with van der Waals surface area (Å²) in [7, 11) is 1.77. The SMILES string of the molecule is CC[C@@H](C)[C@H](NC)C(=O)NCCc1nc(N)cc(=O)[nH]1.Cl.Cl. The van der Waals surface area contributed by atoms with E-state index in [4.69, 9.17) is 5.73 Å². The summed E-state index contributed by atoms with van der Waals surface area (Å²) in [5.74, 6) is 0.862. The van der Waals surface area contributed by atoms with Crippen molar-refractivity contribution in [2.24, 2.45) is 5.92 Å². The van der Waals surface area contributed by atoms with Crippen LogP contribution in [-0.2, 0) is 11.2 Å². The zero-order valence-electron chi connectivity index (χ0n) is 13.0. The Hall–Kier alpha value is -1.31. The first-order chi connectivity index (χ1) is 9.47. The Labute approximate surface area is 142 Å². The molecule has 2 atom stereocenters. The van der Waals surface area contributed by atoms with E-state index in [9.17, 15) is 9.59 Å². The quantitative estimate of drug-likeness (QED) is 0.569. The monoisotopic (exact) mass is 353 g/mol. The van der Waals surface area contributed by atoms with Gasteiger partial charge in [0.2, 0.25) is 5.91 Å². The number of nitrogens with one attached hydrogen (secondary N) is 3. The number of likely N-dealkylation sites (N-methyl/N-ethyl adjacent to an activating group) is 1. The minimum atomic E-state index is -0.286. The molecular weight excluding hydrogens is 329 g/mol. The molecule has 0 aliphatic carbocycles. The van der Waals surface area contributed by atoms with Crippen LogP contribution in [0.1, 0.15) is 26.1 Å². The molecule has 1 heterocycles. The van der Waals surface area contributed by atoms with Gasteiger partial charge in [-0.15, -0.1) is 24.8 Å². The highest BCUT2D eigenvalue weighted by atomic mass is 35.5. The molecule has 0 spiro atoms. The number of anilines is 1. The molecule has 128 valence electrons. The number of aromatic nitrogens is 2. The van der Waals surface area contributed by atoms with Crippen LogP contribution in [0.15, 0.2) is 10.9 Å². The molecule has 0 aliphatic heterocycles. The summed E-state index contributed by atoms with van der Waals surface area (Å²) in [6.07, 6.45) is 1.35. The van der Waals surface area contributed by atoms with E-state index in [1.54, 1.807) is 7.05 Å². The number of carbonyl (C=O) groups excluding carboxylic acids is 1. The Morgan fingerprint density at radius 2 is 2.09 bits per heavy atom. The third kappa shape index (κ3) is 7.11. The number of carbonyl (C=O) groups is 1. The fourth-order valence-electron chi connectivity index (χ4n) is 1.97. The second-order valence-corrected chi connectivity index (χ2v) is 4.81. The largest absolute Gasteiger partial charge is 0.383 e. The van der Waals surface area contributed by atoms with Crippen LogP contribution in [0.5, 0.6) is 0 Å². The standard InChI is InChI=1S/C13H23N5O2.2ClH/c1-4-8(2)12(15-3)13(20)16-6-5-10-17-9(14)7-11(19)18-10;;/h7-8,12,15H,4-6H2,1-3H3,(H,16,20)(H3,14,17,18,19);2*1H/t8-,12+;;/m1../s1. The van der Waals surface area contributed by atoms with Crippen molar-refractivity contribution in [3.63, 3.8) is 0 Å². The van der Waals surface area contributed by atoms with E-state index < -0.39 is 0 Å². The molecule has 7 nitrogen and oxygen atoms in total. The Morgan fingerprint density at radius 1 is 1.45 bits per heavy atom. The minimum Gasteiger partial charge on any atom is -0.383 e. The highest BCUT2D eigenvalue weighted by Gasteiger charge is 2.21. The number of halogens is 2. The molecule has 1 rings (SSSR count). The third-order valence-corrected chi connectivity index (χ3v) is 3.28. The lowest BCUT2D eigenvalue weighted by molar-refractivity contribution is -0.124. The number of nitrogens with two attached hydrogens (primary N) is 1. The van der Waals surface area contributed by atoms with E-state index in [1.807, 2.05) is 13.8 Å². The van der Waals surface area contributed by atoms with Gasteiger partial charge in [-0.2, -0.15) is 0 Å². The van der Waals surface area contributed by atoms with Crippen molar-refractivity contribution in [1.82, 2.24) is 20.6 Å². The fourth-order valence-corrected chi connectivity index (χ4v) is 1.97. The van der Waals surface area contributed by atoms with Crippen LogP contribution in [-0.4, -0.2) is 35.5 Å². The van der Waals surface area contributed by atoms with Gasteiger partial charge < -0.3 is 21.4 Å². The van der Waals surface area contributed by atoms with Crippen LogP contribution in [0.4, 0.5) is 5.82 Å². The summed E-state index contributed by atoms with van der Waals surface area (Å²) in [6.45, 7) is 4.47. The zero-order valence-corrected chi connectivity index (χ0v) is 14.6. The number of amides is 1. The maximum Gasteiger partial charge on any atom is 0.252 e. The average Bonchev–Trinajstić information content (AvgIpc) is 2.38. The number of nitrogen functional groups attached to an aromatic ring is 1. The van der Waals surface area contributed by atoms with Crippen molar-refractivity contribution in [2.75, 3.05) is 19.3 Å². The van der Waals surface area contributed by atoms with Crippen LogP contribution in [0, 0.1) is 5.92 Å². The van der Waals surface area contributed by atoms with Crippen LogP contribution in [0.25, 0.3) is 0 Å². The molecule has 0 unspecified atom stereocenters. The van der Waals surface area contributed by atoms with Gasteiger partial charge in [-0.05, 0) is 13.0 Å². The summed E-state index contributed by atoms with van der Waals surface area (Å²) in [5.41, 5.74) is 5.20. The van der Waals surface area contributed by atoms with Crippen LogP contribution in [0.2, 0.25) is 0 Å². The summed E-state index contributed by atoms with van der Waals surface area (Å²) in [5, 5.41) is 5.85. The molecule has 0 aromatic carbocycles. The predicted octanol–water partition coefficient (Wildman–Crippen LogP) is 0.488. The number of aromatic amines is 1. The Morgan fingerprint density at radius 3 is 2.59 bits per heavy atom. The first-order valence-electron chi connectivity index (χ1n) is 6.78. The van der Waals surface area contributed by atoms with Crippen molar-refractivity contribution in [3.05, 3.63) is 22.2 Å². The van der Waals surface area contributed by atoms with Crippen LogP contribution >= 0.6 is 24.8 Å².